The van der Waals surface area contributed by atoms with Crippen LogP contribution in [0.3, 0.4) is 0 Å². The van der Waals surface area contributed by atoms with E-state index < -0.39 is 0 Å². The smallest absolute Gasteiger partial charge is 0.257 e. The first-order chi connectivity index (χ1) is 14.7. The molecule has 6 heteroatoms. The number of hydrogen-bond acceptors (Lipinski definition) is 5. The molecule has 2 aromatic carbocycles. The largest absolute Gasteiger partial charge is 0.496 e. The predicted octanol–water partition coefficient (Wildman–Crippen LogP) is 4.30. The van der Waals surface area contributed by atoms with Gasteiger partial charge in [0.05, 0.1) is 31.9 Å². The monoisotopic (exact) mass is 406 g/mol. The molecule has 1 aliphatic rings. The second kappa shape index (κ2) is 9.03. The van der Waals surface area contributed by atoms with E-state index in [-0.39, 0.29) is 11.8 Å². The number of piperidine rings is 1. The van der Waals surface area contributed by atoms with E-state index in [9.17, 15) is 4.79 Å². The summed E-state index contributed by atoms with van der Waals surface area (Å²) in [4.78, 5) is 19.4. The summed E-state index contributed by atoms with van der Waals surface area (Å²) in [6, 6.07) is 15.2. The summed E-state index contributed by atoms with van der Waals surface area (Å²) in [6.07, 6.45) is 4.26. The average Bonchev–Trinajstić information content (AvgIpc) is 3.27. The number of carbonyl (C=O) groups is 1. The molecule has 6 nitrogen and oxygen atoms in total. The summed E-state index contributed by atoms with van der Waals surface area (Å²) in [6.45, 7) is 1.31. The highest BCUT2D eigenvalue weighted by atomic mass is 16.5. The van der Waals surface area contributed by atoms with Crippen molar-refractivity contribution in [3.05, 3.63) is 77.5 Å². The number of likely N-dealkylation sites (tertiary alicyclic amines) is 1. The quantitative estimate of drug-likeness (QED) is 0.611. The van der Waals surface area contributed by atoms with Crippen LogP contribution in [0, 0.1) is 0 Å². The molecule has 0 aliphatic carbocycles. The van der Waals surface area contributed by atoms with Crippen LogP contribution in [0.25, 0.3) is 0 Å². The number of amides is 1. The highest BCUT2D eigenvalue weighted by molar-refractivity contribution is 5.97. The SMILES string of the molecule is COc1ccccc1Cc1cnc([C@@H]2CCCN(C(=O)c3ccccc3OC)C2)o1. The van der Waals surface area contributed by atoms with Gasteiger partial charge in [0.1, 0.15) is 17.3 Å². The average molecular weight is 406 g/mol. The predicted molar refractivity (Wildman–Crippen MR) is 113 cm³/mol. The molecule has 3 aromatic rings. The van der Waals surface area contributed by atoms with Gasteiger partial charge < -0.3 is 18.8 Å². The van der Waals surface area contributed by atoms with Gasteiger partial charge in [-0.25, -0.2) is 4.98 Å². The van der Waals surface area contributed by atoms with E-state index in [1.165, 1.54) is 0 Å². The minimum Gasteiger partial charge on any atom is -0.496 e. The summed E-state index contributed by atoms with van der Waals surface area (Å²) < 4.78 is 16.9. The minimum absolute atomic E-state index is 0.0158. The fraction of sp³-hybridized carbons (Fsp3) is 0.333. The molecule has 156 valence electrons. The summed E-state index contributed by atoms with van der Waals surface area (Å²) in [5, 5.41) is 0. The molecule has 0 saturated carbocycles. The first kappa shape index (κ1) is 20.0. The van der Waals surface area contributed by atoms with Crippen LogP contribution < -0.4 is 9.47 Å². The van der Waals surface area contributed by atoms with E-state index in [1.807, 2.05) is 47.4 Å². The van der Waals surface area contributed by atoms with Crippen molar-refractivity contribution in [2.24, 2.45) is 0 Å². The van der Waals surface area contributed by atoms with E-state index in [4.69, 9.17) is 13.9 Å². The number of hydrogen-bond donors (Lipinski definition) is 0. The molecule has 1 atom stereocenters. The highest BCUT2D eigenvalue weighted by Gasteiger charge is 2.29. The maximum absolute atomic E-state index is 13.1. The van der Waals surface area contributed by atoms with Crippen LogP contribution in [0.15, 0.2) is 59.1 Å². The van der Waals surface area contributed by atoms with Gasteiger partial charge in [0.2, 0.25) is 0 Å². The van der Waals surface area contributed by atoms with Crippen molar-refractivity contribution in [2.45, 2.75) is 25.2 Å². The van der Waals surface area contributed by atoms with Gasteiger partial charge in [-0.15, -0.1) is 0 Å². The zero-order chi connectivity index (χ0) is 20.9. The molecule has 4 rings (SSSR count). The van der Waals surface area contributed by atoms with E-state index in [1.54, 1.807) is 26.5 Å². The normalized spacial score (nSPS) is 16.3. The summed E-state index contributed by atoms with van der Waals surface area (Å²) in [5.41, 5.74) is 1.64. The molecule has 0 spiro atoms. The zero-order valence-electron chi connectivity index (χ0n) is 17.3. The van der Waals surface area contributed by atoms with Crippen LogP contribution >= 0.6 is 0 Å². The van der Waals surface area contributed by atoms with Crippen LogP contribution in [0.2, 0.25) is 0 Å². The van der Waals surface area contributed by atoms with Crippen molar-refractivity contribution in [2.75, 3.05) is 27.3 Å². The van der Waals surface area contributed by atoms with Crippen molar-refractivity contribution >= 4 is 5.91 Å². The Hall–Kier alpha value is -3.28. The van der Waals surface area contributed by atoms with Crippen molar-refractivity contribution in [3.63, 3.8) is 0 Å². The Morgan fingerprint density at radius 3 is 2.63 bits per heavy atom. The van der Waals surface area contributed by atoms with Crippen molar-refractivity contribution in [1.82, 2.24) is 9.88 Å². The van der Waals surface area contributed by atoms with Gasteiger partial charge >= 0.3 is 0 Å². The Kier molecular flexibility index (Phi) is 6.02. The van der Waals surface area contributed by atoms with E-state index in [2.05, 4.69) is 4.98 Å². The number of para-hydroxylation sites is 2. The lowest BCUT2D eigenvalue weighted by molar-refractivity contribution is 0.0694. The Bertz CT molecular complexity index is 1010. The maximum Gasteiger partial charge on any atom is 0.257 e. The zero-order valence-corrected chi connectivity index (χ0v) is 17.3. The molecular weight excluding hydrogens is 380 g/mol. The Morgan fingerprint density at radius 2 is 1.83 bits per heavy atom. The third-order valence-electron chi connectivity index (χ3n) is 5.52. The van der Waals surface area contributed by atoms with E-state index in [0.717, 1.165) is 36.5 Å². The van der Waals surface area contributed by atoms with Gasteiger partial charge in [-0.1, -0.05) is 30.3 Å². The van der Waals surface area contributed by atoms with Crippen LogP contribution in [0.4, 0.5) is 0 Å². The van der Waals surface area contributed by atoms with Gasteiger partial charge in [0, 0.05) is 25.1 Å². The maximum atomic E-state index is 13.1. The number of oxazole rings is 1. The molecule has 1 amide bonds. The molecule has 0 unspecified atom stereocenters. The number of carbonyl (C=O) groups excluding carboxylic acids is 1. The van der Waals surface area contributed by atoms with Crippen molar-refractivity contribution in [1.29, 1.82) is 0 Å². The van der Waals surface area contributed by atoms with Gasteiger partial charge in [-0.3, -0.25) is 4.79 Å². The molecule has 1 fully saturated rings. The highest BCUT2D eigenvalue weighted by Crippen LogP contribution is 2.30. The Labute approximate surface area is 176 Å². The van der Waals surface area contributed by atoms with Crippen molar-refractivity contribution < 1.29 is 18.7 Å². The van der Waals surface area contributed by atoms with Gasteiger partial charge in [0.25, 0.3) is 5.91 Å². The van der Waals surface area contributed by atoms with Crippen LogP contribution in [0.5, 0.6) is 11.5 Å². The second-order valence-corrected chi connectivity index (χ2v) is 7.44. The van der Waals surface area contributed by atoms with Crippen LogP contribution in [-0.4, -0.2) is 43.1 Å². The minimum atomic E-state index is -0.0158. The second-order valence-electron chi connectivity index (χ2n) is 7.44. The number of rotatable bonds is 6. The molecule has 0 radical (unpaired) electrons. The van der Waals surface area contributed by atoms with E-state index >= 15 is 0 Å². The van der Waals surface area contributed by atoms with Crippen LogP contribution in [-0.2, 0) is 6.42 Å². The summed E-state index contributed by atoms with van der Waals surface area (Å²) in [7, 11) is 3.25. The number of benzene rings is 2. The molecule has 2 heterocycles. The lowest BCUT2D eigenvalue weighted by Crippen LogP contribution is -2.39. The third-order valence-corrected chi connectivity index (χ3v) is 5.52. The number of methoxy groups -OCH3 is 2. The molecule has 0 N–H and O–H groups in total. The summed E-state index contributed by atoms with van der Waals surface area (Å²) in [5.74, 6) is 2.99. The lowest BCUT2D eigenvalue weighted by atomic mass is 9.97. The molecule has 1 aromatic heterocycles. The lowest BCUT2D eigenvalue weighted by Gasteiger charge is -2.31. The van der Waals surface area contributed by atoms with Gasteiger partial charge in [-0.2, -0.15) is 0 Å². The van der Waals surface area contributed by atoms with Gasteiger partial charge in [-0.05, 0) is 31.0 Å². The first-order valence-electron chi connectivity index (χ1n) is 10.2. The van der Waals surface area contributed by atoms with Crippen molar-refractivity contribution in [3.8, 4) is 11.5 Å². The first-order valence-corrected chi connectivity index (χ1v) is 10.2. The third kappa shape index (κ3) is 4.17. The van der Waals surface area contributed by atoms with Gasteiger partial charge in [0.15, 0.2) is 5.89 Å². The topological polar surface area (TPSA) is 64.8 Å². The molecule has 30 heavy (non-hydrogen) atoms. The fourth-order valence-corrected chi connectivity index (χ4v) is 3.98. The Morgan fingerprint density at radius 1 is 1.10 bits per heavy atom. The van der Waals surface area contributed by atoms with E-state index in [0.29, 0.717) is 30.2 Å². The summed E-state index contributed by atoms with van der Waals surface area (Å²) >= 11 is 0. The Balaban J connectivity index is 1.47. The van der Waals surface area contributed by atoms with Crippen LogP contribution in [0.1, 0.15) is 46.3 Å². The molecule has 1 aliphatic heterocycles. The molecule has 0 bridgehead atoms. The number of aromatic nitrogens is 1. The standard InChI is InChI=1S/C24H26N2O4/c1-28-21-11-5-3-8-17(21)14-19-15-25-23(30-19)18-9-7-13-26(16-18)24(27)20-10-4-6-12-22(20)29-2/h3-6,8,10-12,15,18H,7,9,13-14,16H2,1-2H3/t18-/m1/s1. The fourth-order valence-electron chi connectivity index (χ4n) is 3.98. The molecule has 1 saturated heterocycles. The number of ether oxygens (including phenoxy) is 2. The number of nitrogens with zero attached hydrogens (tertiary/aromatic N) is 2. The molecular formula is C24H26N2O4.